The average Bonchev–Trinajstić information content (AvgIpc) is 2.96. The van der Waals surface area contributed by atoms with Gasteiger partial charge >= 0.3 is 0 Å². The highest BCUT2D eigenvalue weighted by molar-refractivity contribution is 5.20. The Morgan fingerprint density at radius 2 is 2.00 bits per heavy atom. The molecule has 0 aromatic heterocycles. The second kappa shape index (κ2) is 6.80. The summed E-state index contributed by atoms with van der Waals surface area (Å²) in [6.45, 7) is 1.59. The highest BCUT2D eigenvalue weighted by atomic mass is 16.5. The van der Waals surface area contributed by atoms with Gasteiger partial charge < -0.3 is 15.2 Å². The molecule has 2 N–H and O–H groups in total. The molecule has 0 amide bonds. The molecule has 0 radical (unpaired) electrons. The lowest BCUT2D eigenvalue weighted by atomic mass is 9.80. The van der Waals surface area contributed by atoms with Crippen LogP contribution in [0.15, 0.2) is 30.3 Å². The van der Waals surface area contributed by atoms with Gasteiger partial charge in [-0.05, 0) is 50.2 Å². The Kier molecular flexibility index (Phi) is 4.81. The summed E-state index contributed by atoms with van der Waals surface area (Å²) in [7, 11) is 0. The Morgan fingerprint density at radius 1 is 1.24 bits per heavy atom. The first kappa shape index (κ1) is 14.9. The van der Waals surface area contributed by atoms with Crippen LogP contribution in [0.25, 0.3) is 0 Å². The third kappa shape index (κ3) is 3.78. The monoisotopic (exact) mass is 289 g/mol. The largest absolute Gasteiger partial charge is 0.494 e. The van der Waals surface area contributed by atoms with Crippen LogP contribution >= 0.6 is 0 Å². The number of nitrogens with two attached hydrogens (primary N) is 1. The molecule has 1 saturated heterocycles. The second-order valence-corrected chi connectivity index (χ2v) is 6.61. The molecule has 2 aliphatic rings. The zero-order chi connectivity index (χ0) is 14.5. The van der Waals surface area contributed by atoms with E-state index in [9.17, 15) is 0 Å². The van der Waals surface area contributed by atoms with E-state index in [-0.39, 0.29) is 11.6 Å². The van der Waals surface area contributed by atoms with Crippen molar-refractivity contribution in [1.29, 1.82) is 0 Å². The van der Waals surface area contributed by atoms with Crippen LogP contribution in [0.5, 0.6) is 5.75 Å². The van der Waals surface area contributed by atoms with Gasteiger partial charge in [0, 0.05) is 12.6 Å². The molecule has 1 heterocycles. The van der Waals surface area contributed by atoms with E-state index < -0.39 is 0 Å². The van der Waals surface area contributed by atoms with Crippen molar-refractivity contribution in [2.45, 2.75) is 56.6 Å². The zero-order valence-electron chi connectivity index (χ0n) is 12.8. The number of hydrogen-bond acceptors (Lipinski definition) is 3. The summed E-state index contributed by atoms with van der Waals surface area (Å²) >= 11 is 0. The predicted molar refractivity (Wildman–Crippen MR) is 84.4 cm³/mol. The minimum absolute atomic E-state index is 0.167. The molecule has 1 aliphatic heterocycles. The molecule has 1 saturated carbocycles. The first-order valence-corrected chi connectivity index (χ1v) is 8.35. The maximum Gasteiger partial charge on any atom is 0.119 e. The summed E-state index contributed by atoms with van der Waals surface area (Å²) in [4.78, 5) is 0. The number of para-hydroxylation sites is 1. The third-order valence-electron chi connectivity index (χ3n) is 5.11. The van der Waals surface area contributed by atoms with Crippen molar-refractivity contribution in [1.82, 2.24) is 0 Å². The van der Waals surface area contributed by atoms with Gasteiger partial charge in [0.05, 0.1) is 12.2 Å². The standard InChI is InChI=1S/C18H27NO2/c19-17(9-12-20-16-6-2-1-3-7-16)15-8-13-21-18(14-15)10-4-5-11-18/h1-3,6-7,15,17H,4-5,8-14,19H2. The minimum atomic E-state index is 0.167. The number of hydrogen-bond donors (Lipinski definition) is 1. The Bertz CT molecular complexity index is 428. The third-order valence-corrected chi connectivity index (χ3v) is 5.11. The summed E-state index contributed by atoms with van der Waals surface area (Å²) in [5.74, 6) is 1.53. The van der Waals surface area contributed by atoms with E-state index in [1.165, 1.54) is 25.7 Å². The van der Waals surface area contributed by atoms with Crippen LogP contribution in [0.2, 0.25) is 0 Å². The maximum atomic E-state index is 6.43. The summed E-state index contributed by atoms with van der Waals surface area (Å²) in [6.07, 6.45) is 8.29. The van der Waals surface area contributed by atoms with Crippen molar-refractivity contribution >= 4 is 0 Å². The summed E-state index contributed by atoms with van der Waals surface area (Å²) < 4.78 is 11.9. The van der Waals surface area contributed by atoms with E-state index in [0.717, 1.165) is 31.6 Å². The molecule has 1 aliphatic carbocycles. The Hall–Kier alpha value is -1.06. The van der Waals surface area contributed by atoms with E-state index in [1.54, 1.807) is 0 Å². The van der Waals surface area contributed by atoms with Crippen molar-refractivity contribution in [3.8, 4) is 5.75 Å². The van der Waals surface area contributed by atoms with Gasteiger partial charge in [0.1, 0.15) is 5.75 Å². The van der Waals surface area contributed by atoms with Crippen LogP contribution in [0.3, 0.4) is 0 Å². The molecular formula is C18H27NO2. The van der Waals surface area contributed by atoms with E-state index >= 15 is 0 Å². The zero-order valence-corrected chi connectivity index (χ0v) is 12.8. The molecule has 2 atom stereocenters. The number of ether oxygens (including phenoxy) is 2. The van der Waals surface area contributed by atoms with Crippen LogP contribution in [-0.4, -0.2) is 24.9 Å². The fourth-order valence-electron chi connectivity index (χ4n) is 3.86. The molecule has 3 heteroatoms. The summed E-state index contributed by atoms with van der Waals surface area (Å²) in [5.41, 5.74) is 6.60. The molecule has 3 rings (SSSR count). The molecule has 116 valence electrons. The lowest BCUT2D eigenvalue weighted by Crippen LogP contribution is -2.44. The molecule has 1 aromatic rings. The topological polar surface area (TPSA) is 44.5 Å². The van der Waals surface area contributed by atoms with Gasteiger partial charge in [0.25, 0.3) is 0 Å². The molecule has 21 heavy (non-hydrogen) atoms. The highest BCUT2D eigenvalue weighted by Crippen LogP contribution is 2.42. The van der Waals surface area contributed by atoms with Crippen molar-refractivity contribution < 1.29 is 9.47 Å². The Morgan fingerprint density at radius 3 is 2.76 bits per heavy atom. The van der Waals surface area contributed by atoms with Gasteiger partial charge in [-0.1, -0.05) is 31.0 Å². The number of rotatable bonds is 5. The lowest BCUT2D eigenvalue weighted by Gasteiger charge is -2.40. The maximum absolute atomic E-state index is 6.43. The number of benzene rings is 1. The van der Waals surface area contributed by atoms with Crippen molar-refractivity contribution in [3.05, 3.63) is 30.3 Å². The van der Waals surface area contributed by atoms with Crippen molar-refractivity contribution in [3.63, 3.8) is 0 Å². The van der Waals surface area contributed by atoms with Gasteiger partial charge in [-0.15, -0.1) is 0 Å². The van der Waals surface area contributed by atoms with Gasteiger partial charge in [-0.3, -0.25) is 0 Å². The van der Waals surface area contributed by atoms with E-state index in [1.807, 2.05) is 30.3 Å². The van der Waals surface area contributed by atoms with Gasteiger partial charge in [0.15, 0.2) is 0 Å². The highest BCUT2D eigenvalue weighted by Gasteiger charge is 2.41. The van der Waals surface area contributed by atoms with E-state index in [0.29, 0.717) is 12.5 Å². The second-order valence-electron chi connectivity index (χ2n) is 6.61. The van der Waals surface area contributed by atoms with Crippen LogP contribution in [-0.2, 0) is 4.74 Å². The Labute approximate surface area is 127 Å². The average molecular weight is 289 g/mol. The quantitative estimate of drug-likeness (QED) is 0.902. The summed E-state index contributed by atoms with van der Waals surface area (Å²) in [6, 6.07) is 10.2. The van der Waals surface area contributed by atoms with Gasteiger partial charge in [-0.2, -0.15) is 0 Å². The van der Waals surface area contributed by atoms with Crippen LogP contribution < -0.4 is 10.5 Å². The van der Waals surface area contributed by atoms with Crippen LogP contribution in [0, 0.1) is 5.92 Å². The smallest absolute Gasteiger partial charge is 0.119 e. The normalized spacial score (nSPS) is 25.9. The van der Waals surface area contributed by atoms with E-state index in [2.05, 4.69) is 0 Å². The Balaban J connectivity index is 1.45. The first-order valence-electron chi connectivity index (χ1n) is 8.35. The summed E-state index contributed by atoms with van der Waals surface area (Å²) in [5, 5.41) is 0. The fourth-order valence-corrected chi connectivity index (χ4v) is 3.86. The van der Waals surface area contributed by atoms with Gasteiger partial charge in [-0.25, -0.2) is 0 Å². The molecule has 2 unspecified atom stereocenters. The van der Waals surface area contributed by atoms with Gasteiger partial charge in [0.2, 0.25) is 0 Å². The van der Waals surface area contributed by atoms with Crippen molar-refractivity contribution in [2.24, 2.45) is 11.7 Å². The van der Waals surface area contributed by atoms with Crippen molar-refractivity contribution in [2.75, 3.05) is 13.2 Å². The lowest BCUT2D eigenvalue weighted by molar-refractivity contribution is -0.0967. The van der Waals surface area contributed by atoms with Crippen LogP contribution in [0.4, 0.5) is 0 Å². The van der Waals surface area contributed by atoms with Crippen LogP contribution in [0.1, 0.15) is 44.9 Å². The first-order chi connectivity index (χ1) is 10.3. The molecule has 1 aromatic carbocycles. The fraction of sp³-hybridized carbons (Fsp3) is 0.667. The molecule has 3 nitrogen and oxygen atoms in total. The minimum Gasteiger partial charge on any atom is -0.494 e. The van der Waals surface area contributed by atoms with E-state index in [4.69, 9.17) is 15.2 Å². The molecular weight excluding hydrogens is 262 g/mol. The molecule has 1 spiro atoms. The predicted octanol–water partition coefficient (Wildman–Crippen LogP) is 3.52. The SMILES string of the molecule is NC(CCOc1ccccc1)C1CCOC2(CCCC2)C1. The molecule has 2 fully saturated rings. The molecule has 0 bridgehead atoms.